The summed E-state index contributed by atoms with van der Waals surface area (Å²) in [5.74, 6) is 0.673. The lowest BCUT2D eigenvalue weighted by molar-refractivity contribution is 0.602. The molecule has 5 nitrogen and oxygen atoms in total. The number of aryl methyl sites for hydroxylation is 1. The van der Waals surface area contributed by atoms with Gasteiger partial charge in [0.25, 0.3) is 0 Å². The molecule has 6 heteroatoms. The highest BCUT2D eigenvalue weighted by Crippen LogP contribution is 2.34. The molecule has 24 heavy (non-hydrogen) atoms. The van der Waals surface area contributed by atoms with Gasteiger partial charge in [-0.15, -0.1) is 0 Å². The van der Waals surface area contributed by atoms with Crippen molar-refractivity contribution in [2.45, 2.75) is 23.8 Å². The Morgan fingerprint density at radius 3 is 2.79 bits per heavy atom. The number of aromatic nitrogens is 2. The smallest absolute Gasteiger partial charge is 0.175 e. The molecule has 0 saturated heterocycles. The Morgan fingerprint density at radius 1 is 1.12 bits per heavy atom. The highest BCUT2D eigenvalue weighted by Gasteiger charge is 2.23. The predicted molar refractivity (Wildman–Crippen MR) is 93.8 cm³/mol. The van der Waals surface area contributed by atoms with Gasteiger partial charge < -0.3 is 5.32 Å². The summed E-state index contributed by atoms with van der Waals surface area (Å²) < 4.78 is 23.7. The van der Waals surface area contributed by atoms with Gasteiger partial charge in [-0.05, 0) is 42.2 Å². The predicted octanol–water partition coefficient (Wildman–Crippen LogP) is 3.13. The number of hydrogen-bond donors (Lipinski definition) is 1. The van der Waals surface area contributed by atoms with Crippen molar-refractivity contribution in [2.75, 3.05) is 11.6 Å². The molecule has 0 aliphatic heterocycles. The summed E-state index contributed by atoms with van der Waals surface area (Å²) in [7, 11) is -3.27. The van der Waals surface area contributed by atoms with Gasteiger partial charge in [0.2, 0.25) is 0 Å². The van der Waals surface area contributed by atoms with Crippen LogP contribution in [0.1, 0.15) is 23.6 Å². The van der Waals surface area contributed by atoms with E-state index in [2.05, 4.69) is 33.5 Å². The fourth-order valence-electron chi connectivity index (χ4n) is 3.25. The molecule has 0 spiro atoms. The molecule has 0 unspecified atom stereocenters. The van der Waals surface area contributed by atoms with Crippen LogP contribution < -0.4 is 5.32 Å². The first-order chi connectivity index (χ1) is 11.5. The molecule has 3 aromatic rings. The molecule has 122 valence electrons. The second-order valence-electron chi connectivity index (χ2n) is 6.11. The van der Waals surface area contributed by atoms with E-state index < -0.39 is 9.84 Å². The topological polar surface area (TPSA) is 72.0 Å². The minimum atomic E-state index is -3.27. The largest absolute Gasteiger partial charge is 0.363 e. The number of benzene rings is 2. The van der Waals surface area contributed by atoms with E-state index in [1.54, 1.807) is 18.2 Å². The highest BCUT2D eigenvalue weighted by molar-refractivity contribution is 7.90. The third-order valence-electron chi connectivity index (χ3n) is 4.48. The molecule has 1 atom stereocenters. The Hall–Kier alpha value is -2.47. The van der Waals surface area contributed by atoms with Gasteiger partial charge >= 0.3 is 0 Å². The molecule has 1 N–H and O–H groups in total. The van der Waals surface area contributed by atoms with Gasteiger partial charge in [0, 0.05) is 11.6 Å². The van der Waals surface area contributed by atoms with Crippen molar-refractivity contribution >= 4 is 26.6 Å². The average molecular weight is 339 g/mol. The van der Waals surface area contributed by atoms with Gasteiger partial charge in [0.05, 0.1) is 16.5 Å². The van der Waals surface area contributed by atoms with Crippen molar-refractivity contribution in [1.82, 2.24) is 9.97 Å². The molecule has 1 aromatic heterocycles. The van der Waals surface area contributed by atoms with Crippen molar-refractivity contribution in [3.63, 3.8) is 0 Å². The SMILES string of the molecule is CS(=O)(=O)c1ccc2ncnc(N[C@H]3CCc4ccccc43)c2c1. The molecule has 0 bridgehead atoms. The van der Waals surface area contributed by atoms with E-state index in [1.807, 2.05) is 6.07 Å². The van der Waals surface area contributed by atoms with Crippen LogP contribution in [0.5, 0.6) is 0 Å². The summed E-state index contributed by atoms with van der Waals surface area (Å²) >= 11 is 0. The average Bonchev–Trinajstić information content (AvgIpc) is 2.97. The fourth-order valence-corrected chi connectivity index (χ4v) is 3.90. The molecule has 1 aliphatic carbocycles. The van der Waals surface area contributed by atoms with Crippen molar-refractivity contribution in [3.8, 4) is 0 Å². The Kier molecular flexibility index (Phi) is 3.49. The van der Waals surface area contributed by atoms with Crippen LogP contribution in [0.4, 0.5) is 5.82 Å². The normalized spacial score (nSPS) is 17.0. The highest BCUT2D eigenvalue weighted by atomic mass is 32.2. The summed E-state index contributed by atoms with van der Waals surface area (Å²) in [5.41, 5.74) is 3.36. The van der Waals surface area contributed by atoms with Crippen LogP contribution >= 0.6 is 0 Å². The van der Waals surface area contributed by atoms with Gasteiger partial charge in [0.1, 0.15) is 12.1 Å². The zero-order valence-corrected chi connectivity index (χ0v) is 14.0. The number of rotatable bonds is 3. The second-order valence-corrected chi connectivity index (χ2v) is 8.12. The molecule has 0 amide bonds. The zero-order valence-electron chi connectivity index (χ0n) is 13.2. The van der Waals surface area contributed by atoms with Crippen LogP contribution in [-0.4, -0.2) is 24.6 Å². The quantitative estimate of drug-likeness (QED) is 0.794. The minimum absolute atomic E-state index is 0.182. The van der Waals surface area contributed by atoms with Gasteiger partial charge in [0.15, 0.2) is 9.84 Å². The molecular formula is C18H17N3O2S. The molecule has 4 rings (SSSR count). The summed E-state index contributed by atoms with van der Waals surface area (Å²) in [6, 6.07) is 13.5. The van der Waals surface area contributed by atoms with E-state index in [0.29, 0.717) is 5.82 Å². The number of nitrogens with zero attached hydrogens (tertiary/aromatic N) is 2. The number of sulfone groups is 1. The summed E-state index contributed by atoms with van der Waals surface area (Å²) in [6.45, 7) is 0. The molecule has 2 aromatic carbocycles. The Morgan fingerprint density at radius 2 is 1.96 bits per heavy atom. The summed E-state index contributed by atoms with van der Waals surface area (Å²) in [4.78, 5) is 8.86. The molecule has 0 saturated carbocycles. The summed E-state index contributed by atoms with van der Waals surface area (Å²) in [5, 5.41) is 4.20. The first-order valence-corrected chi connectivity index (χ1v) is 9.71. The van der Waals surface area contributed by atoms with Crippen molar-refractivity contribution in [3.05, 3.63) is 59.9 Å². The van der Waals surface area contributed by atoms with Crippen LogP contribution in [-0.2, 0) is 16.3 Å². The molecule has 0 fully saturated rings. The second kappa shape index (κ2) is 5.56. The first-order valence-electron chi connectivity index (χ1n) is 7.81. The Bertz CT molecular complexity index is 1030. The van der Waals surface area contributed by atoms with Crippen LogP contribution in [0.15, 0.2) is 53.7 Å². The molecule has 1 heterocycles. The maximum atomic E-state index is 11.8. The fraction of sp³-hybridized carbons (Fsp3) is 0.222. The van der Waals surface area contributed by atoms with Gasteiger partial charge in [-0.3, -0.25) is 0 Å². The lowest BCUT2D eigenvalue weighted by Crippen LogP contribution is -2.09. The molecular weight excluding hydrogens is 322 g/mol. The summed E-state index contributed by atoms with van der Waals surface area (Å²) in [6.07, 6.45) is 4.74. The van der Waals surface area contributed by atoms with E-state index in [4.69, 9.17) is 0 Å². The molecule has 0 radical (unpaired) electrons. The first kappa shape index (κ1) is 15.1. The minimum Gasteiger partial charge on any atom is -0.363 e. The van der Waals surface area contributed by atoms with Gasteiger partial charge in [-0.25, -0.2) is 18.4 Å². The standard InChI is InChI=1S/C18H17N3O2S/c1-24(22,23)13-7-9-16-15(10-13)18(20-11-19-16)21-17-8-6-12-4-2-3-5-14(12)17/h2-5,7,9-11,17H,6,8H2,1H3,(H,19,20,21)/t17-/m0/s1. The van der Waals surface area contributed by atoms with Gasteiger partial charge in [-0.1, -0.05) is 24.3 Å². The van der Waals surface area contributed by atoms with Crippen molar-refractivity contribution in [1.29, 1.82) is 0 Å². The Balaban J connectivity index is 1.77. The lowest BCUT2D eigenvalue weighted by Gasteiger charge is -2.16. The van der Waals surface area contributed by atoms with E-state index in [9.17, 15) is 8.42 Å². The Labute approximate surface area is 140 Å². The van der Waals surface area contributed by atoms with Crippen LogP contribution in [0.25, 0.3) is 10.9 Å². The van der Waals surface area contributed by atoms with Crippen molar-refractivity contribution in [2.24, 2.45) is 0 Å². The van der Waals surface area contributed by atoms with Crippen molar-refractivity contribution < 1.29 is 8.42 Å². The third kappa shape index (κ3) is 2.63. The van der Waals surface area contributed by atoms with E-state index >= 15 is 0 Å². The van der Waals surface area contributed by atoms with Gasteiger partial charge in [-0.2, -0.15) is 0 Å². The van der Waals surface area contributed by atoms with E-state index in [0.717, 1.165) is 23.7 Å². The maximum Gasteiger partial charge on any atom is 0.175 e. The number of fused-ring (bicyclic) bond motifs is 2. The lowest BCUT2D eigenvalue weighted by atomic mass is 10.1. The third-order valence-corrected chi connectivity index (χ3v) is 5.59. The monoisotopic (exact) mass is 339 g/mol. The maximum absolute atomic E-state index is 11.8. The number of nitrogens with one attached hydrogen (secondary N) is 1. The number of anilines is 1. The molecule has 1 aliphatic rings. The van der Waals surface area contributed by atoms with E-state index in [1.165, 1.54) is 23.7 Å². The van der Waals surface area contributed by atoms with Crippen LogP contribution in [0, 0.1) is 0 Å². The van der Waals surface area contributed by atoms with Crippen LogP contribution in [0.3, 0.4) is 0 Å². The zero-order chi connectivity index (χ0) is 16.7. The van der Waals surface area contributed by atoms with E-state index in [-0.39, 0.29) is 10.9 Å². The van der Waals surface area contributed by atoms with Crippen LogP contribution in [0.2, 0.25) is 0 Å². The number of hydrogen-bond acceptors (Lipinski definition) is 5.